The van der Waals surface area contributed by atoms with Crippen molar-refractivity contribution in [2.24, 2.45) is 0 Å². The number of rotatable bonds is 4. The second-order valence-corrected chi connectivity index (χ2v) is 4.29. The smallest absolute Gasteiger partial charge is 0.249 e. The van der Waals surface area contributed by atoms with Gasteiger partial charge in [0.1, 0.15) is 11.6 Å². The van der Waals surface area contributed by atoms with Gasteiger partial charge < -0.3 is 10.1 Å². The minimum absolute atomic E-state index is 0.229. The zero-order valence-electron chi connectivity index (χ0n) is 11.5. The highest BCUT2D eigenvalue weighted by molar-refractivity contribution is 6.01. The molecule has 0 aliphatic rings. The molecule has 0 bridgehead atoms. The fourth-order valence-electron chi connectivity index (χ4n) is 1.68. The molecule has 1 N–H and O–H groups in total. The summed E-state index contributed by atoms with van der Waals surface area (Å²) in [6, 6.07) is 11.2. The molecule has 1 aromatic carbocycles. The summed E-state index contributed by atoms with van der Waals surface area (Å²) in [5.74, 6) is 1.03. The van der Waals surface area contributed by atoms with Crippen molar-refractivity contribution < 1.29 is 9.53 Å². The molecular weight excluding hydrogens is 252 g/mol. The standard InChI is InChI=1S/C16H16N2O2/c1-12-7-9-15(17-11-12)18-16(19)10-8-13-5-3-4-6-14(13)20-2/h3-11H,1-2H3,(H,17,18,19)/b10-8+. The highest BCUT2D eigenvalue weighted by atomic mass is 16.5. The van der Waals surface area contributed by atoms with Crippen LogP contribution in [0.2, 0.25) is 0 Å². The van der Waals surface area contributed by atoms with Crippen LogP contribution in [0.5, 0.6) is 5.75 Å². The fraction of sp³-hybridized carbons (Fsp3) is 0.125. The van der Waals surface area contributed by atoms with E-state index in [1.54, 1.807) is 25.4 Å². The Bertz CT molecular complexity index is 619. The number of ether oxygens (including phenoxy) is 1. The second-order valence-electron chi connectivity index (χ2n) is 4.29. The molecule has 0 fully saturated rings. The quantitative estimate of drug-likeness (QED) is 0.867. The zero-order valence-corrected chi connectivity index (χ0v) is 11.5. The van der Waals surface area contributed by atoms with Crippen LogP contribution in [0.4, 0.5) is 5.82 Å². The van der Waals surface area contributed by atoms with Crippen LogP contribution in [0.15, 0.2) is 48.7 Å². The summed E-state index contributed by atoms with van der Waals surface area (Å²) in [7, 11) is 1.60. The van der Waals surface area contributed by atoms with E-state index >= 15 is 0 Å². The number of nitrogens with one attached hydrogen (secondary N) is 1. The van der Waals surface area contributed by atoms with Gasteiger partial charge in [-0.05, 0) is 30.7 Å². The maximum Gasteiger partial charge on any atom is 0.249 e. The van der Waals surface area contributed by atoms with E-state index in [0.29, 0.717) is 5.82 Å². The third kappa shape index (κ3) is 3.68. The lowest BCUT2D eigenvalue weighted by molar-refractivity contribution is -0.111. The Hall–Kier alpha value is -2.62. The van der Waals surface area contributed by atoms with Gasteiger partial charge in [0.15, 0.2) is 0 Å². The SMILES string of the molecule is COc1ccccc1/C=C/C(=O)Nc1ccc(C)cn1. The van der Waals surface area contributed by atoms with E-state index < -0.39 is 0 Å². The van der Waals surface area contributed by atoms with Gasteiger partial charge >= 0.3 is 0 Å². The van der Waals surface area contributed by atoms with Crippen LogP contribution in [0.1, 0.15) is 11.1 Å². The van der Waals surface area contributed by atoms with Crippen molar-refractivity contribution in [1.82, 2.24) is 4.98 Å². The number of amides is 1. The van der Waals surface area contributed by atoms with Crippen LogP contribution in [0.25, 0.3) is 6.08 Å². The summed E-state index contributed by atoms with van der Waals surface area (Å²) in [5.41, 5.74) is 1.90. The molecule has 102 valence electrons. The van der Waals surface area contributed by atoms with Gasteiger partial charge in [-0.2, -0.15) is 0 Å². The van der Waals surface area contributed by atoms with Gasteiger partial charge in [0.25, 0.3) is 0 Å². The van der Waals surface area contributed by atoms with Gasteiger partial charge in [-0.25, -0.2) is 4.98 Å². The number of methoxy groups -OCH3 is 1. The van der Waals surface area contributed by atoms with E-state index in [2.05, 4.69) is 10.3 Å². The Kier molecular flexibility index (Phi) is 4.50. The molecule has 0 saturated carbocycles. The lowest BCUT2D eigenvalue weighted by Gasteiger charge is -2.04. The Morgan fingerprint density at radius 1 is 1.25 bits per heavy atom. The number of benzene rings is 1. The number of pyridine rings is 1. The topological polar surface area (TPSA) is 51.2 Å². The average molecular weight is 268 g/mol. The van der Waals surface area contributed by atoms with Crippen LogP contribution in [-0.4, -0.2) is 18.0 Å². The van der Waals surface area contributed by atoms with Gasteiger partial charge in [-0.15, -0.1) is 0 Å². The molecule has 1 amide bonds. The first-order valence-corrected chi connectivity index (χ1v) is 6.24. The van der Waals surface area contributed by atoms with Crippen molar-refractivity contribution in [1.29, 1.82) is 0 Å². The molecule has 0 aliphatic heterocycles. The van der Waals surface area contributed by atoms with Crippen molar-refractivity contribution in [3.8, 4) is 5.75 Å². The molecule has 0 saturated heterocycles. The van der Waals surface area contributed by atoms with Crippen molar-refractivity contribution >= 4 is 17.8 Å². The van der Waals surface area contributed by atoms with Crippen LogP contribution in [0, 0.1) is 6.92 Å². The number of hydrogen-bond donors (Lipinski definition) is 1. The van der Waals surface area contributed by atoms with Crippen LogP contribution in [-0.2, 0) is 4.79 Å². The number of carbonyl (C=O) groups is 1. The average Bonchev–Trinajstić information content (AvgIpc) is 2.48. The largest absolute Gasteiger partial charge is 0.496 e. The molecule has 2 rings (SSSR count). The van der Waals surface area contributed by atoms with E-state index in [1.807, 2.05) is 37.3 Å². The molecule has 0 atom stereocenters. The number of hydrogen-bond acceptors (Lipinski definition) is 3. The third-order valence-corrected chi connectivity index (χ3v) is 2.72. The van der Waals surface area contributed by atoms with Crippen molar-refractivity contribution in [3.05, 3.63) is 59.8 Å². The Morgan fingerprint density at radius 3 is 2.75 bits per heavy atom. The lowest BCUT2D eigenvalue weighted by atomic mass is 10.2. The third-order valence-electron chi connectivity index (χ3n) is 2.72. The Morgan fingerprint density at radius 2 is 2.05 bits per heavy atom. The van der Waals surface area contributed by atoms with Gasteiger partial charge in [0.05, 0.1) is 7.11 Å². The summed E-state index contributed by atoms with van der Waals surface area (Å²) in [4.78, 5) is 15.9. The Labute approximate surface area is 118 Å². The predicted molar refractivity (Wildman–Crippen MR) is 79.6 cm³/mol. The summed E-state index contributed by atoms with van der Waals surface area (Å²) < 4.78 is 5.21. The van der Waals surface area contributed by atoms with Gasteiger partial charge in [0.2, 0.25) is 5.91 Å². The predicted octanol–water partition coefficient (Wildman–Crippen LogP) is 3.05. The van der Waals surface area contributed by atoms with E-state index in [9.17, 15) is 4.79 Å². The number of aromatic nitrogens is 1. The monoisotopic (exact) mass is 268 g/mol. The minimum atomic E-state index is -0.229. The molecular formula is C16H16N2O2. The number of anilines is 1. The summed E-state index contributed by atoms with van der Waals surface area (Å²) >= 11 is 0. The van der Waals surface area contributed by atoms with E-state index in [4.69, 9.17) is 4.74 Å². The summed E-state index contributed by atoms with van der Waals surface area (Å²) in [6.45, 7) is 1.94. The summed E-state index contributed by atoms with van der Waals surface area (Å²) in [6.07, 6.45) is 4.88. The molecule has 1 aromatic heterocycles. The first-order chi connectivity index (χ1) is 9.69. The first-order valence-electron chi connectivity index (χ1n) is 6.24. The van der Waals surface area contributed by atoms with Crippen molar-refractivity contribution in [2.45, 2.75) is 6.92 Å². The van der Waals surface area contributed by atoms with E-state index in [1.165, 1.54) is 6.08 Å². The molecule has 4 heteroatoms. The lowest BCUT2D eigenvalue weighted by Crippen LogP contribution is -2.09. The number of aryl methyl sites for hydroxylation is 1. The van der Waals surface area contributed by atoms with Crippen molar-refractivity contribution in [3.63, 3.8) is 0 Å². The van der Waals surface area contributed by atoms with Crippen LogP contribution in [0.3, 0.4) is 0 Å². The molecule has 1 heterocycles. The molecule has 4 nitrogen and oxygen atoms in total. The number of carbonyl (C=O) groups excluding carboxylic acids is 1. The van der Waals surface area contributed by atoms with Gasteiger partial charge in [0, 0.05) is 17.8 Å². The van der Waals surface area contributed by atoms with Gasteiger partial charge in [-0.1, -0.05) is 24.3 Å². The van der Waals surface area contributed by atoms with Crippen LogP contribution >= 0.6 is 0 Å². The second kappa shape index (κ2) is 6.52. The maximum absolute atomic E-state index is 11.8. The molecule has 0 spiro atoms. The number of nitrogens with zero attached hydrogens (tertiary/aromatic N) is 1. The summed E-state index contributed by atoms with van der Waals surface area (Å²) in [5, 5.41) is 2.70. The molecule has 20 heavy (non-hydrogen) atoms. The van der Waals surface area contributed by atoms with Crippen molar-refractivity contribution in [2.75, 3.05) is 12.4 Å². The maximum atomic E-state index is 11.8. The normalized spacial score (nSPS) is 10.5. The van der Waals surface area contributed by atoms with E-state index in [0.717, 1.165) is 16.9 Å². The first kappa shape index (κ1) is 13.8. The highest BCUT2D eigenvalue weighted by Crippen LogP contribution is 2.18. The van der Waals surface area contributed by atoms with Crippen LogP contribution < -0.4 is 10.1 Å². The minimum Gasteiger partial charge on any atom is -0.496 e. The zero-order chi connectivity index (χ0) is 14.4. The fourth-order valence-corrected chi connectivity index (χ4v) is 1.68. The van der Waals surface area contributed by atoms with Gasteiger partial charge in [-0.3, -0.25) is 4.79 Å². The number of para-hydroxylation sites is 1. The molecule has 0 radical (unpaired) electrons. The van der Waals surface area contributed by atoms with E-state index in [-0.39, 0.29) is 5.91 Å². The Balaban J connectivity index is 2.04. The highest BCUT2D eigenvalue weighted by Gasteiger charge is 2.00. The molecule has 0 unspecified atom stereocenters. The molecule has 2 aromatic rings. The molecule has 0 aliphatic carbocycles.